The molecule has 4 aromatic rings. The van der Waals surface area contributed by atoms with Crippen LogP contribution in [0.3, 0.4) is 0 Å². The summed E-state index contributed by atoms with van der Waals surface area (Å²) in [5, 5.41) is 2.62. The van der Waals surface area contributed by atoms with Crippen molar-refractivity contribution < 1.29 is 0 Å². The van der Waals surface area contributed by atoms with Gasteiger partial charge in [-0.15, -0.1) is 0 Å². The molecular weight excluding hydrogens is 290 g/mol. The maximum Gasteiger partial charge on any atom is 0.0540 e. The first-order valence-electron chi connectivity index (χ1n) is 8.34. The molecule has 0 aliphatic rings. The second kappa shape index (κ2) is 5.38. The Kier molecular flexibility index (Phi) is 3.31. The fourth-order valence-electron chi connectivity index (χ4n) is 3.81. The van der Waals surface area contributed by atoms with Crippen molar-refractivity contribution in [3.63, 3.8) is 0 Å². The standard InChI is InChI=1S/C23H21N/c1-15(2)24-21-12-8-7-11-20(21)23-17(4)19(13-14-22(23)24)18-10-6-5-9-16(18)3/h5-14H,1H2,2-4H3. The minimum absolute atomic E-state index is 1.05. The normalized spacial score (nSPS) is 11.3. The third-order valence-electron chi connectivity index (χ3n) is 4.92. The molecule has 0 amide bonds. The predicted octanol–water partition coefficient (Wildman–Crippen LogP) is 6.57. The van der Waals surface area contributed by atoms with Crippen molar-refractivity contribution in [1.29, 1.82) is 0 Å². The molecule has 24 heavy (non-hydrogen) atoms. The number of fused-ring (bicyclic) bond motifs is 3. The van der Waals surface area contributed by atoms with Gasteiger partial charge in [0.05, 0.1) is 11.0 Å². The minimum atomic E-state index is 1.05. The molecule has 0 saturated carbocycles. The van der Waals surface area contributed by atoms with Crippen LogP contribution in [0.5, 0.6) is 0 Å². The Bertz CT molecular complexity index is 1100. The van der Waals surface area contributed by atoms with E-state index in [1.54, 1.807) is 0 Å². The number of hydrogen-bond acceptors (Lipinski definition) is 0. The van der Waals surface area contributed by atoms with E-state index in [0.29, 0.717) is 0 Å². The van der Waals surface area contributed by atoms with Crippen LogP contribution in [0.2, 0.25) is 0 Å². The fraction of sp³-hybridized carbons (Fsp3) is 0.130. The van der Waals surface area contributed by atoms with Crippen LogP contribution < -0.4 is 0 Å². The largest absolute Gasteiger partial charge is 0.314 e. The van der Waals surface area contributed by atoms with Gasteiger partial charge in [-0.05, 0) is 55.2 Å². The topological polar surface area (TPSA) is 4.93 Å². The first-order valence-corrected chi connectivity index (χ1v) is 8.34. The number of rotatable bonds is 2. The molecule has 0 saturated heterocycles. The Morgan fingerprint density at radius 3 is 2.25 bits per heavy atom. The summed E-state index contributed by atoms with van der Waals surface area (Å²) in [7, 11) is 0. The molecule has 1 heterocycles. The number of aryl methyl sites for hydroxylation is 2. The molecule has 0 unspecified atom stereocenters. The summed E-state index contributed by atoms with van der Waals surface area (Å²) in [5.41, 5.74) is 8.77. The summed E-state index contributed by atoms with van der Waals surface area (Å²) in [6, 6.07) is 21.7. The van der Waals surface area contributed by atoms with Crippen LogP contribution in [0, 0.1) is 13.8 Å². The van der Waals surface area contributed by atoms with E-state index < -0.39 is 0 Å². The van der Waals surface area contributed by atoms with Crippen LogP contribution in [0.15, 0.2) is 67.2 Å². The van der Waals surface area contributed by atoms with Crippen molar-refractivity contribution in [2.24, 2.45) is 0 Å². The lowest BCUT2D eigenvalue weighted by atomic mass is 9.94. The summed E-state index contributed by atoms with van der Waals surface area (Å²) in [5.74, 6) is 0. The Hall–Kier alpha value is -2.80. The van der Waals surface area contributed by atoms with Crippen LogP contribution in [0.4, 0.5) is 0 Å². The quantitative estimate of drug-likeness (QED) is 0.394. The molecule has 0 spiro atoms. The number of hydrogen-bond donors (Lipinski definition) is 0. The van der Waals surface area contributed by atoms with Crippen LogP contribution in [0.25, 0.3) is 38.6 Å². The molecule has 0 fully saturated rings. The third kappa shape index (κ3) is 2.01. The van der Waals surface area contributed by atoms with Gasteiger partial charge in [0.1, 0.15) is 0 Å². The molecule has 0 aliphatic carbocycles. The van der Waals surface area contributed by atoms with E-state index in [1.807, 2.05) is 0 Å². The Balaban J connectivity index is 2.16. The van der Waals surface area contributed by atoms with Gasteiger partial charge in [0, 0.05) is 16.5 Å². The lowest BCUT2D eigenvalue weighted by Gasteiger charge is -2.12. The second-order valence-electron chi connectivity index (χ2n) is 6.54. The van der Waals surface area contributed by atoms with E-state index in [-0.39, 0.29) is 0 Å². The molecule has 3 aromatic carbocycles. The van der Waals surface area contributed by atoms with Crippen molar-refractivity contribution in [3.8, 4) is 11.1 Å². The van der Waals surface area contributed by atoms with E-state index in [1.165, 1.54) is 44.1 Å². The molecule has 0 radical (unpaired) electrons. The van der Waals surface area contributed by atoms with Gasteiger partial charge in [-0.25, -0.2) is 0 Å². The zero-order chi connectivity index (χ0) is 16.8. The minimum Gasteiger partial charge on any atom is -0.314 e. The van der Waals surface area contributed by atoms with Gasteiger partial charge in [0.15, 0.2) is 0 Å². The van der Waals surface area contributed by atoms with Crippen LogP contribution >= 0.6 is 0 Å². The van der Waals surface area contributed by atoms with Gasteiger partial charge in [-0.3, -0.25) is 0 Å². The lowest BCUT2D eigenvalue weighted by molar-refractivity contribution is 1.21. The molecule has 0 bridgehead atoms. The van der Waals surface area contributed by atoms with Gasteiger partial charge >= 0.3 is 0 Å². The van der Waals surface area contributed by atoms with Gasteiger partial charge in [-0.1, -0.05) is 55.1 Å². The lowest BCUT2D eigenvalue weighted by Crippen LogP contribution is -1.92. The molecular formula is C23H21N. The Labute approximate surface area is 142 Å². The first-order chi connectivity index (χ1) is 11.6. The van der Waals surface area contributed by atoms with Gasteiger partial charge in [-0.2, -0.15) is 0 Å². The zero-order valence-corrected chi connectivity index (χ0v) is 14.4. The maximum atomic E-state index is 4.19. The van der Waals surface area contributed by atoms with Crippen molar-refractivity contribution in [2.75, 3.05) is 0 Å². The number of para-hydroxylation sites is 1. The molecule has 1 nitrogen and oxygen atoms in total. The molecule has 0 aliphatic heterocycles. The summed E-state index contributed by atoms with van der Waals surface area (Å²) < 4.78 is 2.26. The highest BCUT2D eigenvalue weighted by Gasteiger charge is 2.15. The van der Waals surface area contributed by atoms with E-state index in [9.17, 15) is 0 Å². The maximum absolute atomic E-state index is 4.19. The molecule has 118 valence electrons. The number of aromatic nitrogens is 1. The highest BCUT2D eigenvalue weighted by Crippen LogP contribution is 2.38. The predicted molar refractivity (Wildman–Crippen MR) is 105 cm³/mol. The van der Waals surface area contributed by atoms with Crippen molar-refractivity contribution in [2.45, 2.75) is 20.8 Å². The average Bonchev–Trinajstić information content (AvgIpc) is 2.91. The number of allylic oxidation sites excluding steroid dienone is 1. The van der Waals surface area contributed by atoms with Crippen molar-refractivity contribution in [1.82, 2.24) is 4.57 Å². The van der Waals surface area contributed by atoms with E-state index in [0.717, 1.165) is 5.70 Å². The van der Waals surface area contributed by atoms with Crippen molar-refractivity contribution in [3.05, 3.63) is 78.4 Å². The highest BCUT2D eigenvalue weighted by atomic mass is 15.0. The van der Waals surface area contributed by atoms with Crippen LogP contribution in [-0.2, 0) is 0 Å². The summed E-state index contributed by atoms with van der Waals surface area (Å²) in [6.45, 7) is 10.7. The number of benzene rings is 3. The second-order valence-corrected chi connectivity index (χ2v) is 6.54. The van der Waals surface area contributed by atoms with Crippen LogP contribution in [0.1, 0.15) is 18.1 Å². The van der Waals surface area contributed by atoms with E-state index in [2.05, 4.69) is 92.6 Å². The molecule has 0 N–H and O–H groups in total. The van der Waals surface area contributed by atoms with Gasteiger partial charge < -0.3 is 4.57 Å². The van der Waals surface area contributed by atoms with Crippen molar-refractivity contribution >= 4 is 27.5 Å². The molecule has 1 aromatic heterocycles. The summed E-state index contributed by atoms with van der Waals surface area (Å²) in [6.07, 6.45) is 0. The first kappa shape index (κ1) is 14.8. The summed E-state index contributed by atoms with van der Waals surface area (Å²) in [4.78, 5) is 0. The molecule has 4 rings (SSSR count). The number of nitrogens with zero attached hydrogens (tertiary/aromatic N) is 1. The highest BCUT2D eigenvalue weighted by molar-refractivity contribution is 6.13. The van der Waals surface area contributed by atoms with Crippen LogP contribution in [-0.4, -0.2) is 4.57 Å². The Morgan fingerprint density at radius 2 is 1.50 bits per heavy atom. The average molecular weight is 311 g/mol. The zero-order valence-electron chi connectivity index (χ0n) is 14.4. The third-order valence-corrected chi connectivity index (χ3v) is 4.92. The van der Waals surface area contributed by atoms with E-state index >= 15 is 0 Å². The Morgan fingerprint density at radius 1 is 0.792 bits per heavy atom. The molecule has 0 atom stereocenters. The fourth-order valence-corrected chi connectivity index (χ4v) is 3.81. The summed E-state index contributed by atoms with van der Waals surface area (Å²) >= 11 is 0. The smallest absolute Gasteiger partial charge is 0.0540 e. The SMILES string of the molecule is C=C(C)n1c2ccccc2c2c(C)c(-c3ccccc3C)ccc21. The molecule has 1 heteroatoms. The monoisotopic (exact) mass is 311 g/mol. The van der Waals surface area contributed by atoms with Gasteiger partial charge in [0.2, 0.25) is 0 Å². The van der Waals surface area contributed by atoms with E-state index in [4.69, 9.17) is 0 Å². The van der Waals surface area contributed by atoms with Gasteiger partial charge in [0.25, 0.3) is 0 Å².